The van der Waals surface area contributed by atoms with Crippen molar-refractivity contribution in [3.63, 3.8) is 0 Å². The van der Waals surface area contributed by atoms with Gasteiger partial charge in [-0.1, -0.05) is 12.2 Å². The second-order valence-corrected chi connectivity index (χ2v) is 13.3. The number of rotatable bonds is 9. The lowest BCUT2D eigenvalue weighted by Gasteiger charge is -2.37. The summed E-state index contributed by atoms with van der Waals surface area (Å²) in [5, 5.41) is 12.9. The molecule has 0 bridgehead atoms. The summed E-state index contributed by atoms with van der Waals surface area (Å²) >= 11 is 0. The molecule has 1 amide bonds. The molecule has 0 saturated heterocycles. The van der Waals surface area contributed by atoms with E-state index in [2.05, 4.69) is 5.32 Å². The molecule has 0 radical (unpaired) electrons. The summed E-state index contributed by atoms with van der Waals surface area (Å²) in [7, 11) is -8.03. The quantitative estimate of drug-likeness (QED) is 0.203. The van der Waals surface area contributed by atoms with E-state index < -0.39 is 35.8 Å². The van der Waals surface area contributed by atoms with E-state index in [4.69, 9.17) is 21.6 Å². The second kappa shape index (κ2) is 11.0. The monoisotopic (exact) mass is 619 g/mol. The minimum atomic E-state index is -4.99. The number of nitrogens with two attached hydrogens (primary N) is 2. The van der Waals surface area contributed by atoms with Crippen LogP contribution in [0.2, 0.25) is 0 Å². The molecule has 1 aromatic carbocycles. The summed E-state index contributed by atoms with van der Waals surface area (Å²) in [5.41, 5.74) is 13.5. The summed E-state index contributed by atoms with van der Waals surface area (Å²) < 4.78 is 76.3. The van der Waals surface area contributed by atoms with Crippen LogP contribution in [-0.4, -0.2) is 64.2 Å². The minimum Gasteiger partial charge on any atom is -0.453 e. The summed E-state index contributed by atoms with van der Waals surface area (Å²) in [4.78, 5) is 12.7. The van der Waals surface area contributed by atoms with Crippen molar-refractivity contribution in [1.82, 2.24) is 5.32 Å². The van der Waals surface area contributed by atoms with Crippen LogP contribution in [0.3, 0.4) is 0 Å². The first-order chi connectivity index (χ1) is 19.8. The van der Waals surface area contributed by atoms with Gasteiger partial charge < -0.3 is 31.8 Å². The molecular weight excluding hydrogens is 586 g/mol. The predicted molar refractivity (Wildman–Crippen MR) is 158 cm³/mol. The molecule has 5 rings (SSSR count). The molecule has 42 heavy (non-hydrogen) atoms. The van der Waals surface area contributed by atoms with Crippen LogP contribution in [0.4, 0.5) is 5.69 Å². The molecule has 0 fully saturated rings. The van der Waals surface area contributed by atoms with Crippen molar-refractivity contribution in [3.8, 4) is 0 Å². The van der Waals surface area contributed by atoms with Gasteiger partial charge in [-0.15, -0.1) is 0 Å². The fraction of sp³-hybridized carbons (Fsp3) is 0.407. The van der Waals surface area contributed by atoms with Crippen molar-refractivity contribution in [2.24, 2.45) is 11.5 Å². The summed E-state index contributed by atoms with van der Waals surface area (Å²) in [5.74, 6) is -0.818. The Morgan fingerprint density at radius 1 is 1.05 bits per heavy atom. The van der Waals surface area contributed by atoms with Crippen LogP contribution in [0.25, 0.3) is 23.5 Å². The van der Waals surface area contributed by atoms with Crippen LogP contribution in [0.5, 0.6) is 0 Å². The van der Waals surface area contributed by atoms with Crippen LogP contribution < -0.4 is 32.1 Å². The summed E-state index contributed by atoms with van der Waals surface area (Å²) in [6, 6.07) is 0. The van der Waals surface area contributed by atoms with Crippen LogP contribution in [0, 0.1) is 5.41 Å². The fourth-order valence-electron chi connectivity index (χ4n) is 6.14. The smallest absolute Gasteiger partial charge is 0.300 e. The standard InChI is InChI=1S/C27H33N5O8S2/c1-32(12-4-7-20(33)31-11-10-28)23-15-6-3-2-5-14(15)21-16-8-9-18(29)26(41(34,35)36)24(16)40-25-22(21)17(23)13-19(30)27(25)42(37,38)39/h5-6,30H,2-4,7-13,28-29H2,1H3,(H,31,33)(H,34,35,36)(H,37,38,39). The van der Waals surface area contributed by atoms with Gasteiger partial charge in [0.2, 0.25) is 5.91 Å². The number of benzene rings is 1. The average molecular weight is 620 g/mol. The van der Waals surface area contributed by atoms with E-state index in [1.165, 1.54) is 0 Å². The molecule has 226 valence electrons. The number of anilines is 1. The highest BCUT2D eigenvalue weighted by Gasteiger charge is 2.44. The van der Waals surface area contributed by atoms with Crippen LogP contribution >= 0.6 is 0 Å². The zero-order chi connectivity index (χ0) is 30.6. The highest BCUT2D eigenvalue weighted by atomic mass is 32.2. The molecule has 13 nitrogen and oxygen atoms in total. The Hall–Kier alpha value is -3.50. The molecule has 4 aliphatic rings. The number of carbonyl (C=O) groups excluding carboxylic acids is 1. The van der Waals surface area contributed by atoms with E-state index in [0.717, 1.165) is 22.5 Å². The zero-order valence-corrected chi connectivity index (χ0v) is 24.6. The van der Waals surface area contributed by atoms with E-state index in [0.29, 0.717) is 54.7 Å². The number of amides is 1. The normalized spacial score (nSPS) is 18.0. The van der Waals surface area contributed by atoms with Gasteiger partial charge in [-0.25, -0.2) is 0 Å². The molecule has 1 aliphatic heterocycles. The number of carbonyl (C=O) groups is 1. The number of hydrogen-bond acceptors (Lipinski definition) is 10. The number of hydrogen-bond donors (Lipinski definition) is 6. The second-order valence-electron chi connectivity index (χ2n) is 10.6. The average Bonchev–Trinajstić information content (AvgIpc) is 2.89. The third-order valence-electron chi connectivity index (χ3n) is 7.76. The maximum absolute atomic E-state index is 12.6. The maximum Gasteiger partial charge on any atom is 0.300 e. The molecule has 0 atom stereocenters. The lowest BCUT2D eigenvalue weighted by Crippen LogP contribution is -2.42. The van der Waals surface area contributed by atoms with Crippen LogP contribution in [0.15, 0.2) is 21.3 Å². The number of allylic oxidation sites excluding steroid dienone is 3. The van der Waals surface area contributed by atoms with Crippen molar-refractivity contribution in [2.75, 3.05) is 31.6 Å². The SMILES string of the molecule is CN(CCCC(=O)NCCN)c1c2c3c(c4c1=CCCC=4)C1=C(OC3=C(S(=O)(=O)O)C(=N)C2)C(S(=O)(=O)O)=C(N)CC1. The molecule has 1 heterocycles. The molecule has 15 heteroatoms. The molecule has 8 N–H and O–H groups in total. The first kappa shape index (κ1) is 30.0. The Morgan fingerprint density at radius 3 is 2.36 bits per heavy atom. The Labute approximate surface area is 243 Å². The highest BCUT2D eigenvalue weighted by molar-refractivity contribution is 7.91. The summed E-state index contributed by atoms with van der Waals surface area (Å²) in [6.45, 7) is 1.18. The fourth-order valence-corrected chi connectivity index (χ4v) is 7.74. The highest BCUT2D eigenvalue weighted by Crippen LogP contribution is 2.49. The van der Waals surface area contributed by atoms with E-state index in [1.54, 1.807) is 0 Å². The first-order valence-electron chi connectivity index (χ1n) is 13.5. The lowest BCUT2D eigenvalue weighted by molar-refractivity contribution is -0.121. The largest absolute Gasteiger partial charge is 0.453 e. The third-order valence-corrected chi connectivity index (χ3v) is 9.67. The first-order valence-corrected chi connectivity index (χ1v) is 16.4. The molecule has 0 unspecified atom stereocenters. The Morgan fingerprint density at radius 2 is 1.71 bits per heavy atom. The summed E-state index contributed by atoms with van der Waals surface area (Å²) in [6.07, 6.45) is 6.40. The van der Waals surface area contributed by atoms with Crippen molar-refractivity contribution < 1.29 is 35.5 Å². The zero-order valence-electron chi connectivity index (χ0n) is 23.0. The van der Waals surface area contributed by atoms with Crippen molar-refractivity contribution in [1.29, 1.82) is 5.41 Å². The van der Waals surface area contributed by atoms with E-state index in [9.17, 15) is 30.7 Å². The van der Waals surface area contributed by atoms with Gasteiger partial charge in [0.15, 0.2) is 21.3 Å². The Bertz CT molecular complexity index is 1860. The van der Waals surface area contributed by atoms with Gasteiger partial charge in [-0.3, -0.25) is 13.9 Å². The molecular formula is C27H33N5O8S2. The van der Waals surface area contributed by atoms with Gasteiger partial charge >= 0.3 is 0 Å². The van der Waals surface area contributed by atoms with Gasteiger partial charge in [0.25, 0.3) is 20.2 Å². The van der Waals surface area contributed by atoms with E-state index in [-0.39, 0.29) is 48.8 Å². The molecule has 0 saturated carbocycles. The van der Waals surface area contributed by atoms with Gasteiger partial charge in [-0.05, 0) is 42.9 Å². The van der Waals surface area contributed by atoms with E-state index >= 15 is 0 Å². The topological polar surface area (TPSA) is 226 Å². The number of ether oxygens (including phenoxy) is 1. The molecule has 1 aromatic rings. The van der Waals surface area contributed by atoms with Crippen molar-refractivity contribution >= 4 is 61.0 Å². The minimum absolute atomic E-state index is 0.110. The molecule has 0 spiro atoms. The third kappa shape index (κ3) is 5.15. The van der Waals surface area contributed by atoms with Crippen LogP contribution in [-0.2, 0) is 36.2 Å². The van der Waals surface area contributed by atoms with Crippen molar-refractivity contribution in [2.45, 2.75) is 44.9 Å². The maximum atomic E-state index is 12.6. The van der Waals surface area contributed by atoms with Gasteiger partial charge in [0.1, 0.15) is 0 Å². The van der Waals surface area contributed by atoms with Crippen LogP contribution in [0.1, 0.15) is 55.2 Å². The molecule has 3 aliphatic carbocycles. The Kier molecular flexibility index (Phi) is 7.83. The predicted octanol–water partition coefficient (Wildman–Crippen LogP) is 0.0582. The Balaban J connectivity index is 1.79. The number of fused-ring (bicyclic) bond motifs is 3. The number of nitrogens with one attached hydrogen (secondary N) is 2. The van der Waals surface area contributed by atoms with Gasteiger partial charge in [0.05, 0.1) is 5.71 Å². The molecule has 0 aromatic heterocycles. The lowest BCUT2D eigenvalue weighted by atomic mass is 9.79. The van der Waals surface area contributed by atoms with E-state index in [1.807, 2.05) is 24.1 Å². The van der Waals surface area contributed by atoms with Crippen molar-refractivity contribution in [3.05, 3.63) is 48.4 Å². The van der Waals surface area contributed by atoms with Gasteiger partial charge in [-0.2, -0.15) is 16.8 Å². The number of nitrogens with zero attached hydrogens (tertiary/aromatic N) is 1. The van der Waals surface area contributed by atoms with Gasteiger partial charge in [0, 0.05) is 72.8 Å².